The van der Waals surface area contributed by atoms with Crippen LogP contribution in [0.15, 0.2) is 35.2 Å². The van der Waals surface area contributed by atoms with Gasteiger partial charge in [0, 0.05) is 4.90 Å². The van der Waals surface area contributed by atoms with Crippen molar-refractivity contribution >= 4 is 23.6 Å². The van der Waals surface area contributed by atoms with Gasteiger partial charge in [-0.3, -0.25) is 4.79 Å². The topological polar surface area (TPSA) is 66.4 Å². The molecule has 1 saturated carbocycles. The van der Waals surface area contributed by atoms with Crippen molar-refractivity contribution in [3.05, 3.63) is 30.3 Å². The highest BCUT2D eigenvalue weighted by Gasteiger charge is 2.39. The van der Waals surface area contributed by atoms with Crippen molar-refractivity contribution in [3.63, 3.8) is 0 Å². The van der Waals surface area contributed by atoms with Crippen molar-refractivity contribution in [1.82, 2.24) is 5.32 Å². The summed E-state index contributed by atoms with van der Waals surface area (Å²) in [5, 5.41) is 12.3. The van der Waals surface area contributed by atoms with Gasteiger partial charge >= 0.3 is 5.97 Å². The van der Waals surface area contributed by atoms with Crippen LogP contribution in [0.5, 0.6) is 0 Å². The van der Waals surface area contributed by atoms with Gasteiger partial charge in [0.05, 0.1) is 5.75 Å². The molecule has 4 nitrogen and oxygen atoms in total. The summed E-state index contributed by atoms with van der Waals surface area (Å²) >= 11 is 1.43. The molecule has 2 rings (SSSR count). The Labute approximate surface area is 129 Å². The third-order valence-electron chi connectivity index (χ3n) is 3.86. The highest BCUT2D eigenvalue weighted by molar-refractivity contribution is 8.00. The molecule has 0 radical (unpaired) electrons. The van der Waals surface area contributed by atoms with Crippen LogP contribution in [0.25, 0.3) is 0 Å². The van der Waals surface area contributed by atoms with E-state index in [2.05, 4.69) is 5.32 Å². The number of nitrogens with one attached hydrogen (secondary N) is 1. The molecular formula is C16H21NO3S. The SMILES string of the molecule is O=C(CSc1ccccc1)NC1(C(=O)O)CCCCCC1. The van der Waals surface area contributed by atoms with Crippen molar-refractivity contribution < 1.29 is 14.7 Å². The number of benzene rings is 1. The third kappa shape index (κ3) is 4.49. The average Bonchev–Trinajstić information content (AvgIpc) is 2.73. The van der Waals surface area contributed by atoms with Gasteiger partial charge in [0.1, 0.15) is 5.54 Å². The standard InChI is InChI=1S/C16H21NO3S/c18-14(12-21-13-8-4-3-5-9-13)17-16(15(19)20)10-6-1-2-7-11-16/h3-5,8-9H,1-2,6-7,10-12H2,(H,17,18)(H,19,20). The van der Waals surface area contributed by atoms with Crippen molar-refractivity contribution in [2.24, 2.45) is 0 Å². The number of hydrogen-bond donors (Lipinski definition) is 2. The summed E-state index contributed by atoms with van der Waals surface area (Å²) < 4.78 is 0. The van der Waals surface area contributed by atoms with E-state index in [1.165, 1.54) is 11.8 Å². The van der Waals surface area contributed by atoms with Crippen molar-refractivity contribution in [1.29, 1.82) is 0 Å². The van der Waals surface area contributed by atoms with Gasteiger partial charge < -0.3 is 10.4 Å². The van der Waals surface area contributed by atoms with Gasteiger partial charge in [0.25, 0.3) is 0 Å². The molecule has 0 unspecified atom stereocenters. The molecule has 1 aromatic rings. The van der Waals surface area contributed by atoms with Crippen LogP contribution in [0.4, 0.5) is 0 Å². The normalized spacial score (nSPS) is 17.7. The van der Waals surface area contributed by atoms with Crippen LogP contribution in [-0.4, -0.2) is 28.3 Å². The van der Waals surface area contributed by atoms with Gasteiger partial charge in [0.2, 0.25) is 5.91 Å². The number of rotatable bonds is 5. The van der Waals surface area contributed by atoms with E-state index in [1.54, 1.807) is 0 Å². The maximum Gasteiger partial charge on any atom is 0.329 e. The van der Waals surface area contributed by atoms with Crippen LogP contribution in [0.2, 0.25) is 0 Å². The molecule has 5 heteroatoms. The highest BCUT2D eigenvalue weighted by Crippen LogP contribution is 2.28. The number of aliphatic carboxylic acids is 1. The fourth-order valence-electron chi connectivity index (χ4n) is 2.69. The molecule has 114 valence electrons. The number of amides is 1. The lowest BCUT2D eigenvalue weighted by molar-refractivity contribution is -0.148. The zero-order chi connectivity index (χ0) is 15.1. The zero-order valence-electron chi connectivity index (χ0n) is 12.0. The first-order chi connectivity index (χ1) is 10.1. The molecule has 1 aliphatic rings. The maximum absolute atomic E-state index is 12.1. The number of carbonyl (C=O) groups excluding carboxylic acids is 1. The number of carbonyl (C=O) groups is 2. The third-order valence-corrected chi connectivity index (χ3v) is 4.87. The molecule has 2 N–H and O–H groups in total. The minimum Gasteiger partial charge on any atom is -0.480 e. The van der Waals surface area contributed by atoms with Gasteiger partial charge in [0.15, 0.2) is 0 Å². The van der Waals surface area contributed by atoms with Gasteiger partial charge in [-0.1, -0.05) is 43.9 Å². The van der Waals surface area contributed by atoms with Gasteiger partial charge in [-0.05, 0) is 25.0 Å². The van der Waals surface area contributed by atoms with Crippen molar-refractivity contribution in [2.75, 3.05) is 5.75 Å². The molecule has 1 aromatic carbocycles. The summed E-state index contributed by atoms with van der Waals surface area (Å²) in [7, 11) is 0. The Morgan fingerprint density at radius 2 is 1.71 bits per heavy atom. The van der Waals surface area contributed by atoms with Crippen molar-refractivity contribution in [2.45, 2.75) is 49.0 Å². The molecule has 0 aromatic heterocycles. The second kappa shape index (κ2) is 7.50. The average molecular weight is 307 g/mol. The highest BCUT2D eigenvalue weighted by atomic mass is 32.2. The van der Waals surface area contributed by atoms with Crippen LogP contribution in [0.1, 0.15) is 38.5 Å². The lowest BCUT2D eigenvalue weighted by Gasteiger charge is -2.29. The Morgan fingerprint density at radius 1 is 1.10 bits per heavy atom. The van der Waals surface area contributed by atoms with E-state index >= 15 is 0 Å². The van der Waals surface area contributed by atoms with Gasteiger partial charge in [-0.15, -0.1) is 11.8 Å². The second-order valence-corrected chi connectivity index (χ2v) is 6.50. The summed E-state index contributed by atoms with van der Waals surface area (Å²) in [5.74, 6) is -0.852. The lowest BCUT2D eigenvalue weighted by atomic mass is 9.90. The number of carboxylic acids is 1. The van der Waals surface area contributed by atoms with E-state index < -0.39 is 11.5 Å². The number of carboxylic acid groups (broad SMARTS) is 1. The molecule has 0 spiro atoms. The monoisotopic (exact) mass is 307 g/mol. The van der Waals surface area contributed by atoms with Crippen molar-refractivity contribution in [3.8, 4) is 0 Å². The first kappa shape index (κ1) is 15.9. The Morgan fingerprint density at radius 3 is 2.29 bits per heavy atom. The number of thioether (sulfide) groups is 1. The Balaban J connectivity index is 1.93. The predicted octanol–water partition coefficient (Wildman–Crippen LogP) is 3.07. The Hall–Kier alpha value is -1.49. The molecule has 1 aliphatic carbocycles. The van der Waals surface area contributed by atoms with E-state index in [9.17, 15) is 14.7 Å². The van der Waals surface area contributed by atoms with Crippen LogP contribution >= 0.6 is 11.8 Å². The Kier molecular flexibility index (Phi) is 5.67. The minimum absolute atomic E-state index is 0.201. The zero-order valence-corrected chi connectivity index (χ0v) is 12.8. The fraction of sp³-hybridized carbons (Fsp3) is 0.500. The molecule has 0 atom stereocenters. The predicted molar refractivity (Wildman–Crippen MR) is 83.4 cm³/mol. The van der Waals surface area contributed by atoms with Crippen LogP contribution < -0.4 is 5.32 Å². The first-order valence-corrected chi connectivity index (χ1v) is 8.33. The van der Waals surface area contributed by atoms with E-state index in [4.69, 9.17) is 0 Å². The molecule has 21 heavy (non-hydrogen) atoms. The number of hydrogen-bond acceptors (Lipinski definition) is 3. The molecule has 1 fully saturated rings. The summed E-state index contributed by atoms with van der Waals surface area (Å²) in [4.78, 5) is 24.7. The quantitative estimate of drug-likeness (QED) is 0.648. The molecule has 0 bridgehead atoms. The Bertz CT molecular complexity index is 482. The fourth-order valence-corrected chi connectivity index (χ4v) is 3.41. The van der Waals surface area contributed by atoms with Crippen LogP contribution in [0.3, 0.4) is 0 Å². The summed E-state index contributed by atoms with van der Waals surface area (Å²) in [5.41, 5.74) is -1.06. The van der Waals surface area contributed by atoms with Crippen LogP contribution in [-0.2, 0) is 9.59 Å². The summed E-state index contributed by atoms with van der Waals surface area (Å²) in [6.45, 7) is 0. The van der Waals surface area contributed by atoms with Gasteiger partial charge in [-0.25, -0.2) is 4.79 Å². The summed E-state index contributed by atoms with van der Waals surface area (Å²) in [6, 6.07) is 9.65. The van der Waals surface area contributed by atoms with E-state index in [0.29, 0.717) is 12.8 Å². The molecule has 0 heterocycles. The van der Waals surface area contributed by atoms with Gasteiger partial charge in [-0.2, -0.15) is 0 Å². The van der Waals surface area contributed by atoms with Crippen LogP contribution in [0, 0.1) is 0 Å². The van der Waals surface area contributed by atoms with E-state index in [0.717, 1.165) is 30.6 Å². The smallest absolute Gasteiger partial charge is 0.329 e. The molecule has 0 aliphatic heterocycles. The molecular weight excluding hydrogens is 286 g/mol. The molecule has 1 amide bonds. The largest absolute Gasteiger partial charge is 0.480 e. The summed E-state index contributed by atoms with van der Waals surface area (Å²) in [6.07, 6.45) is 4.87. The molecule has 0 saturated heterocycles. The van der Waals surface area contributed by atoms with E-state index in [1.807, 2.05) is 30.3 Å². The van der Waals surface area contributed by atoms with E-state index in [-0.39, 0.29) is 11.7 Å². The minimum atomic E-state index is -1.06. The maximum atomic E-state index is 12.1. The second-order valence-electron chi connectivity index (χ2n) is 5.45. The first-order valence-electron chi connectivity index (χ1n) is 7.35. The lowest BCUT2D eigenvalue weighted by Crippen LogP contribution is -2.54.